The molecule has 0 aromatic carbocycles. The molecule has 0 saturated carbocycles. The second-order valence-corrected chi connectivity index (χ2v) is 4.68. The van der Waals surface area contributed by atoms with Crippen LogP contribution in [0.1, 0.15) is 6.42 Å². The lowest BCUT2D eigenvalue weighted by Gasteiger charge is -2.24. The molecule has 0 atom stereocenters. The van der Waals surface area contributed by atoms with E-state index in [4.69, 9.17) is 10.3 Å². The van der Waals surface area contributed by atoms with Crippen molar-refractivity contribution >= 4 is 10.1 Å². The molecular formula is C8H14N2O3S. The van der Waals surface area contributed by atoms with Gasteiger partial charge in [0.1, 0.15) is 0 Å². The van der Waals surface area contributed by atoms with E-state index in [1.54, 1.807) is 6.08 Å². The Morgan fingerprint density at radius 1 is 1.57 bits per heavy atom. The lowest BCUT2D eigenvalue weighted by Crippen LogP contribution is -2.31. The highest BCUT2D eigenvalue weighted by atomic mass is 32.2. The summed E-state index contributed by atoms with van der Waals surface area (Å²) in [6, 6.07) is 0. The quantitative estimate of drug-likeness (QED) is 0.646. The SMILES string of the molecule is NC1=CC=CCN1CCCS(=O)(=O)O. The molecule has 0 radical (unpaired) electrons. The van der Waals surface area contributed by atoms with Crippen molar-refractivity contribution in [3.63, 3.8) is 0 Å². The van der Waals surface area contributed by atoms with E-state index < -0.39 is 10.1 Å². The van der Waals surface area contributed by atoms with Crippen LogP contribution in [0.3, 0.4) is 0 Å². The number of hydrogen-bond donors (Lipinski definition) is 2. The Morgan fingerprint density at radius 3 is 2.86 bits per heavy atom. The molecule has 0 aromatic rings. The minimum atomic E-state index is -3.85. The van der Waals surface area contributed by atoms with Crippen molar-refractivity contribution in [3.8, 4) is 0 Å². The lowest BCUT2D eigenvalue weighted by molar-refractivity contribution is 0.369. The first-order valence-corrected chi connectivity index (χ1v) is 5.92. The average Bonchev–Trinajstić information content (AvgIpc) is 2.06. The zero-order chi connectivity index (χ0) is 10.6. The van der Waals surface area contributed by atoms with Crippen LogP contribution in [0.5, 0.6) is 0 Å². The standard InChI is InChI=1S/C8H14N2O3S/c9-8-4-1-2-5-10(8)6-3-7-14(11,12)13/h1-2,4H,3,5-7,9H2,(H,11,12,13). The fraction of sp³-hybridized carbons (Fsp3) is 0.500. The van der Waals surface area contributed by atoms with E-state index in [0.717, 1.165) is 0 Å². The summed E-state index contributed by atoms with van der Waals surface area (Å²) in [4.78, 5) is 1.85. The predicted molar refractivity (Wildman–Crippen MR) is 54.0 cm³/mol. The van der Waals surface area contributed by atoms with Crippen LogP contribution >= 0.6 is 0 Å². The van der Waals surface area contributed by atoms with Gasteiger partial charge in [-0.05, 0) is 12.5 Å². The monoisotopic (exact) mass is 218 g/mol. The van der Waals surface area contributed by atoms with Crippen LogP contribution in [0.15, 0.2) is 24.0 Å². The summed E-state index contributed by atoms with van der Waals surface area (Å²) in [5, 5.41) is 0. The summed E-state index contributed by atoms with van der Waals surface area (Å²) < 4.78 is 29.4. The summed E-state index contributed by atoms with van der Waals surface area (Å²) >= 11 is 0. The molecule has 1 aliphatic rings. The Kier molecular flexibility index (Phi) is 3.54. The first-order valence-electron chi connectivity index (χ1n) is 4.31. The molecule has 0 bridgehead atoms. The molecule has 1 heterocycles. The van der Waals surface area contributed by atoms with Crippen LogP contribution in [-0.2, 0) is 10.1 Å². The summed E-state index contributed by atoms with van der Waals surface area (Å²) in [6.07, 6.45) is 5.93. The lowest BCUT2D eigenvalue weighted by atomic mass is 10.3. The maximum Gasteiger partial charge on any atom is 0.264 e. The van der Waals surface area contributed by atoms with Crippen LogP contribution in [-0.4, -0.2) is 36.7 Å². The van der Waals surface area contributed by atoms with E-state index in [-0.39, 0.29) is 5.75 Å². The van der Waals surface area contributed by atoms with Crippen molar-refractivity contribution in [2.45, 2.75) is 6.42 Å². The summed E-state index contributed by atoms with van der Waals surface area (Å²) in [7, 11) is -3.85. The fourth-order valence-electron chi connectivity index (χ4n) is 1.22. The molecule has 0 amide bonds. The topological polar surface area (TPSA) is 83.6 Å². The average molecular weight is 218 g/mol. The third kappa shape index (κ3) is 3.80. The maximum atomic E-state index is 10.4. The molecule has 0 aromatic heterocycles. The van der Waals surface area contributed by atoms with E-state index >= 15 is 0 Å². The number of nitrogens with zero attached hydrogens (tertiary/aromatic N) is 1. The zero-order valence-electron chi connectivity index (χ0n) is 7.76. The summed E-state index contributed by atoms with van der Waals surface area (Å²) in [6.45, 7) is 1.22. The van der Waals surface area contributed by atoms with Crippen molar-refractivity contribution in [3.05, 3.63) is 24.0 Å². The van der Waals surface area contributed by atoms with E-state index in [9.17, 15) is 8.42 Å². The Balaban J connectivity index is 2.33. The smallest absolute Gasteiger partial charge is 0.264 e. The number of allylic oxidation sites excluding steroid dienone is 2. The maximum absolute atomic E-state index is 10.4. The van der Waals surface area contributed by atoms with Crippen molar-refractivity contribution < 1.29 is 13.0 Å². The Labute approximate surface area is 83.6 Å². The second kappa shape index (κ2) is 4.47. The van der Waals surface area contributed by atoms with E-state index in [0.29, 0.717) is 25.3 Å². The molecule has 0 fully saturated rings. The number of hydrogen-bond acceptors (Lipinski definition) is 4. The van der Waals surface area contributed by atoms with Crippen LogP contribution in [0.4, 0.5) is 0 Å². The van der Waals surface area contributed by atoms with Gasteiger partial charge >= 0.3 is 0 Å². The number of rotatable bonds is 4. The van der Waals surface area contributed by atoms with Crippen LogP contribution in [0, 0.1) is 0 Å². The molecule has 0 aliphatic carbocycles. The number of nitrogens with two attached hydrogens (primary N) is 1. The van der Waals surface area contributed by atoms with Gasteiger partial charge in [-0.2, -0.15) is 8.42 Å². The van der Waals surface area contributed by atoms with Gasteiger partial charge in [0.15, 0.2) is 0 Å². The Hall–Kier alpha value is -1.01. The van der Waals surface area contributed by atoms with Crippen molar-refractivity contribution in [1.82, 2.24) is 4.90 Å². The molecule has 0 unspecified atom stereocenters. The fourth-order valence-corrected chi connectivity index (χ4v) is 1.72. The second-order valence-electron chi connectivity index (χ2n) is 3.11. The van der Waals surface area contributed by atoms with Gasteiger partial charge in [-0.3, -0.25) is 4.55 Å². The van der Waals surface area contributed by atoms with Crippen molar-refractivity contribution in [2.75, 3.05) is 18.8 Å². The first-order chi connectivity index (χ1) is 6.49. The molecule has 14 heavy (non-hydrogen) atoms. The van der Waals surface area contributed by atoms with Gasteiger partial charge in [-0.25, -0.2) is 0 Å². The molecule has 5 nitrogen and oxygen atoms in total. The molecule has 80 valence electrons. The highest BCUT2D eigenvalue weighted by Gasteiger charge is 2.09. The highest BCUT2D eigenvalue weighted by Crippen LogP contribution is 2.05. The predicted octanol–water partition coefficient (Wildman–Crippen LogP) is -0.0638. The first kappa shape index (κ1) is 11.1. The molecule has 6 heteroatoms. The molecular weight excluding hydrogens is 204 g/mol. The van der Waals surface area contributed by atoms with E-state index in [1.807, 2.05) is 17.1 Å². The van der Waals surface area contributed by atoms with Gasteiger partial charge in [-0.1, -0.05) is 12.2 Å². The van der Waals surface area contributed by atoms with Crippen LogP contribution in [0.25, 0.3) is 0 Å². The highest BCUT2D eigenvalue weighted by molar-refractivity contribution is 7.85. The van der Waals surface area contributed by atoms with Gasteiger partial charge in [0.25, 0.3) is 10.1 Å². The van der Waals surface area contributed by atoms with E-state index in [2.05, 4.69) is 0 Å². The minimum absolute atomic E-state index is 0.222. The third-order valence-corrected chi connectivity index (χ3v) is 2.73. The van der Waals surface area contributed by atoms with Crippen molar-refractivity contribution in [2.24, 2.45) is 5.73 Å². The van der Waals surface area contributed by atoms with Gasteiger partial charge in [-0.15, -0.1) is 0 Å². The van der Waals surface area contributed by atoms with E-state index in [1.165, 1.54) is 0 Å². The molecule has 1 rings (SSSR count). The summed E-state index contributed by atoms with van der Waals surface area (Å²) in [5.41, 5.74) is 5.65. The van der Waals surface area contributed by atoms with Gasteiger partial charge in [0.05, 0.1) is 11.6 Å². The Morgan fingerprint density at radius 2 is 2.29 bits per heavy atom. The third-order valence-electron chi connectivity index (χ3n) is 1.92. The largest absolute Gasteiger partial charge is 0.385 e. The van der Waals surface area contributed by atoms with Gasteiger partial charge in [0.2, 0.25) is 0 Å². The minimum Gasteiger partial charge on any atom is -0.385 e. The zero-order valence-corrected chi connectivity index (χ0v) is 8.57. The Bertz CT molecular complexity index is 346. The molecule has 1 aliphatic heterocycles. The summed E-state index contributed by atoms with van der Waals surface area (Å²) in [5.74, 6) is 0.406. The molecule has 0 saturated heterocycles. The molecule has 0 spiro atoms. The van der Waals surface area contributed by atoms with Crippen LogP contribution < -0.4 is 5.73 Å². The molecule has 3 N–H and O–H groups in total. The van der Waals surface area contributed by atoms with Crippen LogP contribution in [0.2, 0.25) is 0 Å². The van der Waals surface area contributed by atoms with Gasteiger partial charge in [0, 0.05) is 13.1 Å². The normalized spacial score (nSPS) is 16.9. The van der Waals surface area contributed by atoms with Gasteiger partial charge < -0.3 is 10.6 Å². The van der Waals surface area contributed by atoms with Crippen molar-refractivity contribution in [1.29, 1.82) is 0 Å².